The van der Waals surface area contributed by atoms with Gasteiger partial charge in [0.1, 0.15) is 23.0 Å². The predicted octanol–water partition coefficient (Wildman–Crippen LogP) is 4.71. The number of ether oxygens (including phenoxy) is 1. The number of aromatic nitrogens is 2. The van der Waals surface area contributed by atoms with Crippen molar-refractivity contribution in [3.63, 3.8) is 0 Å². The standard InChI is InChI=1S/C23H25N3O4/c1-6-29-23(28)20-19(14(3)27)15(4)30-22(20)26-21-18(13(2)24-16(5)25-21)12-17-10-8-7-9-11-17/h7-11H,6,12H2,1-5H3,(H,24,25,26). The number of hydrogen-bond acceptors (Lipinski definition) is 7. The summed E-state index contributed by atoms with van der Waals surface area (Å²) in [5, 5.41) is 3.13. The number of carbonyl (C=O) groups excluding carboxylic acids is 2. The molecular formula is C23H25N3O4. The molecule has 0 saturated heterocycles. The lowest BCUT2D eigenvalue weighted by atomic mass is 10.0. The van der Waals surface area contributed by atoms with Gasteiger partial charge in [0, 0.05) is 17.7 Å². The number of benzene rings is 1. The number of furan rings is 1. The second-order valence-electron chi connectivity index (χ2n) is 6.98. The van der Waals surface area contributed by atoms with Crippen LogP contribution in [0.2, 0.25) is 0 Å². The van der Waals surface area contributed by atoms with Gasteiger partial charge in [-0.15, -0.1) is 0 Å². The van der Waals surface area contributed by atoms with Crippen LogP contribution in [0.5, 0.6) is 0 Å². The van der Waals surface area contributed by atoms with Gasteiger partial charge in [-0.3, -0.25) is 4.79 Å². The third kappa shape index (κ3) is 4.40. The zero-order valence-corrected chi connectivity index (χ0v) is 17.8. The Bertz CT molecular complexity index is 1090. The summed E-state index contributed by atoms with van der Waals surface area (Å²) in [5.74, 6) is 0.710. The molecule has 3 rings (SSSR count). The number of anilines is 2. The highest BCUT2D eigenvalue weighted by Crippen LogP contribution is 2.32. The molecule has 0 atom stereocenters. The number of Topliss-reactive ketones (excluding diaryl/α,β-unsaturated/α-hetero) is 1. The van der Waals surface area contributed by atoms with Crippen molar-refractivity contribution in [3.05, 3.63) is 69.9 Å². The Morgan fingerprint density at radius 2 is 1.77 bits per heavy atom. The normalized spacial score (nSPS) is 10.7. The molecule has 7 heteroatoms. The number of carbonyl (C=O) groups is 2. The van der Waals surface area contributed by atoms with Gasteiger partial charge in [0.15, 0.2) is 5.78 Å². The number of esters is 1. The van der Waals surface area contributed by atoms with Crippen molar-refractivity contribution in [2.45, 2.75) is 41.0 Å². The van der Waals surface area contributed by atoms with Gasteiger partial charge in [0.2, 0.25) is 5.88 Å². The fourth-order valence-electron chi connectivity index (χ4n) is 3.41. The monoisotopic (exact) mass is 407 g/mol. The van der Waals surface area contributed by atoms with E-state index in [1.807, 2.05) is 37.3 Å². The molecule has 3 aromatic rings. The van der Waals surface area contributed by atoms with Crippen LogP contribution >= 0.6 is 0 Å². The molecule has 2 heterocycles. The van der Waals surface area contributed by atoms with Crippen LogP contribution < -0.4 is 5.32 Å². The molecule has 0 radical (unpaired) electrons. The van der Waals surface area contributed by atoms with Crippen LogP contribution in [0.3, 0.4) is 0 Å². The Kier molecular flexibility index (Phi) is 6.30. The third-order valence-corrected chi connectivity index (χ3v) is 4.70. The number of nitrogens with zero attached hydrogens (tertiary/aromatic N) is 2. The number of hydrogen-bond donors (Lipinski definition) is 1. The lowest BCUT2D eigenvalue weighted by molar-refractivity contribution is 0.0524. The molecule has 0 unspecified atom stereocenters. The molecule has 1 aromatic carbocycles. The van der Waals surface area contributed by atoms with Crippen molar-refractivity contribution in [2.24, 2.45) is 0 Å². The first-order valence-electron chi connectivity index (χ1n) is 9.78. The predicted molar refractivity (Wildman–Crippen MR) is 113 cm³/mol. The molecule has 7 nitrogen and oxygen atoms in total. The van der Waals surface area contributed by atoms with Crippen molar-refractivity contribution in [1.82, 2.24) is 9.97 Å². The summed E-state index contributed by atoms with van der Waals surface area (Å²) in [6, 6.07) is 9.96. The highest BCUT2D eigenvalue weighted by molar-refractivity contribution is 6.09. The Labute approximate surface area is 175 Å². The maximum absolute atomic E-state index is 12.6. The van der Waals surface area contributed by atoms with Crippen LogP contribution in [0.4, 0.5) is 11.7 Å². The average Bonchev–Trinajstić information content (AvgIpc) is 3.01. The quantitative estimate of drug-likeness (QED) is 0.448. The molecule has 0 aliphatic rings. The summed E-state index contributed by atoms with van der Waals surface area (Å²) >= 11 is 0. The van der Waals surface area contributed by atoms with Crippen LogP contribution in [-0.2, 0) is 11.2 Å². The zero-order chi connectivity index (χ0) is 21.8. The van der Waals surface area contributed by atoms with Gasteiger partial charge in [-0.2, -0.15) is 0 Å². The van der Waals surface area contributed by atoms with Crippen LogP contribution in [0.15, 0.2) is 34.7 Å². The first-order valence-corrected chi connectivity index (χ1v) is 9.78. The maximum atomic E-state index is 12.6. The van der Waals surface area contributed by atoms with E-state index >= 15 is 0 Å². The maximum Gasteiger partial charge on any atom is 0.344 e. The number of nitrogens with one attached hydrogen (secondary N) is 1. The highest BCUT2D eigenvalue weighted by Gasteiger charge is 2.28. The average molecular weight is 407 g/mol. The van der Waals surface area contributed by atoms with Crippen LogP contribution in [0.1, 0.15) is 63.0 Å². The number of ketones is 1. The Hall–Kier alpha value is -3.48. The minimum Gasteiger partial charge on any atom is -0.462 e. The van der Waals surface area contributed by atoms with E-state index in [2.05, 4.69) is 15.3 Å². The molecule has 0 aliphatic carbocycles. The SMILES string of the molecule is CCOC(=O)c1c(Nc2nc(C)nc(C)c2Cc2ccccc2)oc(C)c1C(C)=O. The summed E-state index contributed by atoms with van der Waals surface area (Å²) in [5.41, 5.74) is 3.09. The van der Waals surface area contributed by atoms with Crippen molar-refractivity contribution in [1.29, 1.82) is 0 Å². The van der Waals surface area contributed by atoms with E-state index in [9.17, 15) is 9.59 Å². The Morgan fingerprint density at radius 3 is 2.40 bits per heavy atom. The molecule has 0 aliphatic heterocycles. The van der Waals surface area contributed by atoms with Gasteiger partial charge >= 0.3 is 5.97 Å². The van der Waals surface area contributed by atoms with Crippen LogP contribution in [0, 0.1) is 20.8 Å². The van der Waals surface area contributed by atoms with E-state index in [1.165, 1.54) is 6.92 Å². The lowest BCUT2D eigenvalue weighted by Crippen LogP contribution is -2.12. The molecular weight excluding hydrogens is 382 g/mol. The van der Waals surface area contributed by atoms with Gasteiger partial charge < -0.3 is 14.5 Å². The first-order chi connectivity index (χ1) is 14.3. The zero-order valence-electron chi connectivity index (χ0n) is 17.8. The third-order valence-electron chi connectivity index (χ3n) is 4.70. The van der Waals surface area contributed by atoms with Gasteiger partial charge in [-0.05, 0) is 40.2 Å². The molecule has 156 valence electrons. The van der Waals surface area contributed by atoms with Crippen molar-refractivity contribution >= 4 is 23.5 Å². The van der Waals surface area contributed by atoms with Crippen LogP contribution in [-0.4, -0.2) is 28.3 Å². The smallest absolute Gasteiger partial charge is 0.344 e. The van der Waals surface area contributed by atoms with Gasteiger partial charge in [-0.25, -0.2) is 14.8 Å². The molecule has 0 bridgehead atoms. The second kappa shape index (κ2) is 8.90. The molecule has 1 N–H and O–H groups in total. The fraction of sp³-hybridized carbons (Fsp3) is 0.304. The van der Waals surface area contributed by atoms with Crippen molar-refractivity contribution in [2.75, 3.05) is 11.9 Å². The first kappa shape index (κ1) is 21.2. The molecule has 0 spiro atoms. The summed E-state index contributed by atoms with van der Waals surface area (Å²) in [7, 11) is 0. The summed E-state index contributed by atoms with van der Waals surface area (Å²) in [6.07, 6.45) is 0.600. The Morgan fingerprint density at radius 1 is 1.07 bits per heavy atom. The van der Waals surface area contributed by atoms with Gasteiger partial charge in [-0.1, -0.05) is 30.3 Å². The van der Waals surface area contributed by atoms with Crippen molar-refractivity contribution in [3.8, 4) is 0 Å². The summed E-state index contributed by atoms with van der Waals surface area (Å²) in [4.78, 5) is 33.8. The minimum absolute atomic E-state index is 0.0847. The topological polar surface area (TPSA) is 94.3 Å². The Balaban J connectivity index is 2.09. The molecule has 0 fully saturated rings. The fourth-order valence-corrected chi connectivity index (χ4v) is 3.41. The summed E-state index contributed by atoms with van der Waals surface area (Å²) in [6.45, 7) is 8.64. The molecule has 0 amide bonds. The molecule has 30 heavy (non-hydrogen) atoms. The lowest BCUT2D eigenvalue weighted by Gasteiger charge is -2.14. The second-order valence-corrected chi connectivity index (χ2v) is 6.98. The number of rotatable bonds is 7. The van der Waals surface area contributed by atoms with E-state index in [-0.39, 0.29) is 29.4 Å². The van der Waals surface area contributed by atoms with Crippen LogP contribution in [0.25, 0.3) is 0 Å². The summed E-state index contributed by atoms with van der Waals surface area (Å²) < 4.78 is 10.9. The van der Waals surface area contributed by atoms with Gasteiger partial charge in [0.25, 0.3) is 0 Å². The molecule has 0 saturated carbocycles. The van der Waals surface area contributed by atoms with E-state index in [4.69, 9.17) is 9.15 Å². The van der Waals surface area contributed by atoms with E-state index < -0.39 is 5.97 Å². The minimum atomic E-state index is -0.617. The van der Waals surface area contributed by atoms with E-state index in [1.54, 1.807) is 20.8 Å². The highest BCUT2D eigenvalue weighted by atomic mass is 16.5. The van der Waals surface area contributed by atoms with E-state index in [0.29, 0.717) is 23.8 Å². The largest absolute Gasteiger partial charge is 0.462 e. The van der Waals surface area contributed by atoms with Gasteiger partial charge in [0.05, 0.1) is 12.2 Å². The molecule has 2 aromatic heterocycles. The number of aryl methyl sites for hydroxylation is 3. The van der Waals surface area contributed by atoms with Crippen molar-refractivity contribution < 1.29 is 18.7 Å². The van der Waals surface area contributed by atoms with E-state index in [0.717, 1.165) is 16.8 Å².